The molecule has 2 atom stereocenters. The second-order valence-electron chi connectivity index (χ2n) is 4.90. The lowest BCUT2D eigenvalue weighted by Gasteiger charge is -2.30. The Morgan fingerprint density at radius 1 is 0.722 bits per heavy atom. The first kappa shape index (κ1) is 11.7. The topological polar surface area (TPSA) is 0 Å². The van der Waals surface area contributed by atoms with Crippen LogP contribution in [0.2, 0.25) is 0 Å². The van der Waals surface area contributed by atoms with Crippen molar-refractivity contribution in [3.05, 3.63) is 81.8 Å². The summed E-state index contributed by atoms with van der Waals surface area (Å²) in [5.74, 6) is 1.06. The van der Waals surface area contributed by atoms with Crippen LogP contribution in [-0.2, 0) is 0 Å². The molecule has 0 saturated heterocycles. The van der Waals surface area contributed by atoms with E-state index in [1.165, 1.54) is 16.7 Å². The van der Waals surface area contributed by atoms with Crippen LogP contribution in [0.15, 0.2) is 65.2 Å². The molecular weight excluding hydrogens is 284 g/mol. The van der Waals surface area contributed by atoms with Crippen LogP contribution in [0.3, 0.4) is 0 Å². The van der Waals surface area contributed by atoms with E-state index >= 15 is 0 Å². The fourth-order valence-corrected chi connectivity index (χ4v) is 2.71. The van der Waals surface area contributed by atoms with E-state index in [2.05, 4.69) is 83.5 Å². The van der Waals surface area contributed by atoms with Crippen LogP contribution in [0.5, 0.6) is 0 Å². The van der Waals surface area contributed by atoms with Gasteiger partial charge in [-0.2, -0.15) is 0 Å². The minimum atomic E-state index is 0.529. The zero-order valence-corrected chi connectivity index (χ0v) is 11.9. The first-order valence-corrected chi connectivity index (χ1v) is 7.04. The molecule has 0 fully saturated rings. The summed E-state index contributed by atoms with van der Waals surface area (Å²) < 4.78 is 1.14. The Hall–Kier alpha value is -1.34. The largest absolute Gasteiger partial charge is 0.0794 e. The maximum absolute atomic E-state index is 3.48. The highest BCUT2D eigenvalue weighted by Gasteiger charge is 2.26. The van der Waals surface area contributed by atoms with Gasteiger partial charge < -0.3 is 0 Å². The summed E-state index contributed by atoms with van der Waals surface area (Å²) in [6, 6.07) is 17.5. The normalized spacial score (nSPS) is 21.7. The summed E-state index contributed by atoms with van der Waals surface area (Å²) in [5.41, 5.74) is 4.13. The summed E-state index contributed by atoms with van der Waals surface area (Å²) in [5, 5.41) is 0. The van der Waals surface area contributed by atoms with E-state index in [1.54, 1.807) is 0 Å². The van der Waals surface area contributed by atoms with Gasteiger partial charge in [0, 0.05) is 16.3 Å². The fourth-order valence-electron chi connectivity index (χ4n) is 2.44. The molecule has 0 N–H and O–H groups in total. The van der Waals surface area contributed by atoms with Crippen molar-refractivity contribution in [1.82, 2.24) is 0 Å². The van der Waals surface area contributed by atoms with Crippen molar-refractivity contribution < 1.29 is 0 Å². The Morgan fingerprint density at radius 3 is 1.61 bits per heavy atom. The van der Waals surface area contributed by atoms with Gasteiger partial charge in [0.1, 0.15) is 0 Å². The molecule has 90 valence electrons. The third-order valence-corrected chi connectivity index (χ3v) is 4.16. The van der Waals surface area contributed by atoms with Gasteiger partial charge in [0.25, 0.3) is 0 Å². The number of aryl methyl sites for hydroxylation is 1. The number of benzene rings is 2. The molecule has 0 amide bonds. The van der Waals surface area contributed by atoms with Crippen LogP contribution in [-0.4, -0.2) is 0 Å². The zero-order valence-electron chi connectivity index (χ0n) is 10.3. The fraction of sp³-hybridized carbons (Fsp3) is 0.176. The van der Waals surface area contributed by atoms with Gasteiger partial charge in [0.15, 0.2) is 0 Å². The van der Waals surface area contributed by atoms with Crippen molar-refractivity contribution in [2.24, 2.45) is 0 Å². The van der Waals surface area contributed by atoms with Gasteiger partial charge in [0.2, 0.25) is 0 Å². The van der Waals surface area contributed by atoms with Crippen molar-refractivity contribution in [2.75, 3.05) is 0 Å². The van der Waals surface area contributed by atoms with Crippen LogP contribution in [0, 0.1) is 6.92 Å². The maximum atomic E-state index is 3.48. The molecular formula is C17H15Br. The number of allylic oxidation sites excluding steroid dienone is 2. The van der Waals surface area contributed by atoms with Crippen LogP contribution in [0.4, 0.5) is 0 Å². The Labute approximate surface area is 116 Å². The predicted molar refractivity (Wildman–Crippen MR) is 79.9 cm³/mol. The van der Waals surface area contributed by atoms with Crippen LogP contribution >= 0.6 is 15.9 Å². The summed E-state index contributed by atoms with van der Waals surface area (Å²) >= 11 is 3.48. The van der Waals surface area contributed by atoms with E-state index in [4.69, 9.17) is 0 Å². The van der Waals surface area contributed by atoms with Crippen molar-refractivity contribution in [1.29, 1.82) is 0 Å². The predicted octanol–water partition coefficient (Wildman–Crippen LogP) is 5.19. The Bertz CT molecular complexity index is 510. The van der Waals surface area contributed by atoms with Gasteiger partial charge in [-0.1, -0.05) is 70.0 Å². The van der Waals surface area contributed by atoms with Gasteiger partial charge in [-0.05, 0) is 30.2 Å². The molecule has 2 unspecified atom stereocenters. The van der Waals surface area contributed by atoms with E-state index in [0.717, 1.165) is 4.47 Å². The minimum absolute atomic E-state index is 0.529. The molecule has 2 aromatic rings. The SMILES string of the molecule is Cc1ccc(C2C=CC2c2ccc(Br)cc2)cc1. The summed E-state index contributed by atoms with van der Waals surface area (Å²) in [7, 11) is 0. The number of rotatable bonds is 2. The number of hydrogen-bond donors (Lipinski definition) is 0. The lowest BCUT2D eigenvalue weighted by molar-refractivity contribution is 0.674. The maximum Gasteiger partial charge on any atom is 0.0175 e. The molecule has 0 bridgehead atoms. The average Bonchev–Trinajstić information content (AvgIpc) is 2.33. The quantitative estimate of drug-likeness (QED) is 0.669. The molecule has 1 aliphatic carbocycles. The second-order valence-corrected chi connectivity index (χ2v) is 5.81. The zero-order chi connectivity index (χ0) is 12.5. The highest BCUT2D eigenvalue weighted by atomic mass is 79.9. The molecule has 0 spiro atoms. The third kappa shape index (κ3) is 2.15. The van der Waals surface area contributed by atoms with E-state index in [0.29, 0.717) is 11.8 Å². The average molecular weight is 299 g/mol. The summed E-state index contributed by atoms with van der Waals surface area (Å²) in [4.78, 5) is 0. The minimum Gasteiger partial charge on any atom is -0.0794 e. The molecule has 0 aromatic heterocycles. The molecule has 0 aliphatic heterocycles. The lowest BCUT2D eigenvalue weighted by atomic mass is 9.74. The molecule has 0 nitrogen and oxygen atoms in total. The Morgan fingerprint density at radius 2 is 1.17 bits per heavy atom. The van der Waals surface area contributed by atoms with Gasteiger partial charge in [-0.15, -0.1) is 0 Å². The van der Waals surface area contributed by atoms with Crippen molar-refractivity contribution in [2.45, 2.75) is 18.8 Å². The van der Waals surface area contributed by atoms with Gasteiger partial charge in [-0.3, -0.25) is 0 Å². The molecule has 3 rings (SSSR count). The molecule has 18 heavy (non-hydrogen) atoms. The van der Waals surface area contributed by atoms with E-state index in [-0.39, 0.29) is 0 Å². The standard InChI is InChI=1S/C17H15Br/c1-12-2-4-13(5-3-12)16-10-11-17(16)14-6-8-15(18)9-7-14/h2-11,16-17H,1H3. The molecule has 1 aliphatic rings. The van der Waals surface area contributed by atoms with Gasteiger partial charge in [0.05, 0.1) is 0 Å². The molecule has 0 radical (unpaired) electrons. The van der Waals surface area contributed by atoms with Crippen molar-refractivity contribution >= 4 is 15.9 Å². The van der Waals surface area contributed by atoms with Crippen molar-refractivity contribution in [3.8, 4) is 0 Å². The van der Waals surface area contributed by atoms with Crippen LogP contribution < -0.4 is 0 Å². The third-order valence-electron chi connectivity index (χ3n) is 3.63. The summed E-state index contributed by atoms with van der Waals surface area (Å²) in [6.45, 7) is 2.13. The second kappa shape index (κ2) is 4.74. The monoisotopic (exact) mass is 298 g/mol. The molecule has 1 heteroatoms. The van der Waals surface area contributed by atoms with Gasteiger partial charge in [-0.25, -0.2) is 0 Å². The van der Waals surface area contributed by atoms with Gasteiger partial charge >= 0.3 is 0 Å². The molecule has 2 aromatic carbocycles. The lowest BCUT2D eigenvalue weighted by Crippen LogP contribution is -2.14. The Kier molecular flexibility index (Phi) is 3.09. The van der Waals surface area contributed by atoms with Crippen LogP contribution in [0.1, 0.15) is 28.5 Å². The van der Waals surface area contributed by atoms with E-state index in [9.17, 15) is 0 Å². The number of hydrogen-bond acceptors (Lipinski definition) is 0. The smallest absolute Gasteiger partial charge is 0.0175 e. The first-order valence-electron chi connectivity index (χ1n) is 6.24. The highest BCUT2D eigenvalue weighted by Crippen LogP contribution is 2.42. The first-order chi connectivity index (χ1) is 8.74. The highest BCUT2D eigenvalue weighted by molar-refractivity contribution is 9.10. The molecule has 0 heterocycles. The molecule has 0 saturated carbocycles. The van der Waals surface area contributed by atoms with E-state index in [1.807, 2.05) is 0 Å². The van der Waals surface area contributed by atoms with Crippen molar-refractivity contribution in [3.63, 3.8) is 0 Å². The Balaban J connectivity index is 1.86. The van der Waals surface area contributed by atoms with E-state index < -0.39 is 0 Å². The van der Waals surface area contributed by atoms with Crippen LogP contribution in [0.25, 0.3) is 0 Å². The number of halogens is 1. The summed E-state index contributed by atoms with van der Waals surface area (Å²) in [6.07, 6.45) is 4.60.